The fraction of sp³-hybridized carbons (Fsp3) is 0.154. The van der Waals surface area contributed by atoms with Gasteiger partial charge in [0.25, 0.3) is 0 Å². The molecule has 0 amide bonds. The minimum Gasteiger partial charge on any atom is -0.314 e. The second-order valence-corrected chi connectivity index (χ2v) is 4.89. The first kappa shape index (κ1) is 12.0. The smallest absolute Gasteiger partial charge is 0.145 e. The summed E-state index contributed by atoms with van der Waals surface area (Å²) in [5.74, 6) is 0. The maximum Gasteiger partial charge on any atom is 0.145 e. The number of hydrogen-bond donors (Lipinski definition) is 1. The molecule has 1 aromatic carbocycles. The molecule has 96 valence electrons. The van der Waals surface area contributed by atoms with Crippen molar-refractivity contribution < 1.29 is 0 Å². The molecule has 0 bridgehead atoms. The molecule has 0 fully saturated rings. The number of nitrogens with one attached hydrogen (secondary N) is 1. The first-order valence-corrected chi connectivity index (χ1v) is 6.82. The van der Waals surface area contributed by atoms with Crippen LogP contribution < -0.4 is 5.32 Å². The molecule has 0 aliphatic heterocycles. The molecule has 0 saturated heterocycles. The molecule has 3 rings (SSSR count). The molecule has 0 unspecified atom stereocenters. The summed E-state index contributed by atoms with van der Waals surface area (Å²) < 4.78 is 0. The Morgan fingerprint density at radius 3 is 2.89 bits per heavy atom. The van der Waals surface area contributed by atoms with E-state index < -0.39 is 0 Å². The Hall–Kier alpha value is -2.05. The van der Waals surface area contributed by atoms with Crippen LogP contribution in [-0.4, -0.2) is 27.0 Å². The van der Waals surface area contributed by atoms with Crippen LogP contribution in [-0.2, 0) is 6.54 Å². The second kappa shape index (κ2) is 5.29. The number of hydrogen-bond acceptors (Lipinski definition) is 5. The van der Waals surface area contributed by atoms with Crippen LogP contribution in [0.15, 0.2) is 41.9 Å². The highest BCUT2D eigenvalue weighted by Crippen LogP contribution is 2.21. The number of para-hydroxylation sites is 1. The Bertz CT molecular complexity index is 658. The van der Waals surface area contributed by atoms with Crippen LogP contribution >= 0.6 is 11.3 Å². The monoisotopic (exact) mass is 271 g/mol. The summed E-state index contributed by atoms with van der Waals surface area (Å²) in [4.78, 5) is 6.14. The van der Waals surface area contributed by atoms with Gasteiger partial charge in [0.15, 0.2) is 0 Å². The van der Waals surface area contributed by atoms with E-state index >= 15 is 0 Å². The zero-order valence-electron chi connectivity index (χ0n) is 10.4. The van der Waals surface area contributed by atoms with Gasteiger partial charge in [0.1, 0.15) is 10.7 Å². The average molecular weight is 271 g/mol. The van der Waals surface area contributed by atoms with Gasteiger partial charge in [0.05, 0.1) is 17.6 Å². The molecule has 0 aliphatic rings. The topological polar surface area (TPSA) is 55.6 Å². The third-order valence-corrected chi connectivity index (χ3v) is 3.52. The fourth-order valence-electron chi connectivity index (χ4n) is 1.73. The average Bonchev–Trinajstić information content (AvgIpc) is 3.08. The van der Waals surface area contributed by atoms with Crippen LogP contribution in [0.3, 0.4) is 0 Å². The Morgan fingerprint density at radius 1 is 1.26 bits per heavy atom. The summed E-state index contributed by atoms with van der Waals surface area (Å²) in [5.41, 5.74) is 2.77. The minimum atomic E-state index is 0.767. The van der Waals surface area contributed by atoms with E-state index in [-0.39, 0.29) is 0 Å². The zero-order chi connectivity index (χ0) is 13.1. The van der Waals surface area contributed by atoms with E-state index in [9.17, 15) is 0 Å². The van der Waals surface area contributed by atoms with Crippen molar-refractivity contribution in [2.45, 2.75) is 6.54 Å². The highest BCUT2D eigenvalue weighted by Gasteiger charge is 2.09. The van der Waals surface area contributed by atoms with Crippen molar-refractivity contribution in [1.29, 1.82) is 0 Å². The van der Waals surface area contributed by atoms with Gasteiger partial charge < -0.3 is 5.32 Å². The van der Waals surface area contributed by atoms with E-state index in [0.29, 0.717) is 0 Å². The van der Waals surface area contributed by atoms with Crippen molar-refractivity contribution in [2.24, 2.45) is 0 Å². The van der Waals surface area contributed by atoms with E-state index in [1.165, 1.54) is 0 Å². The highest BCUT2D eigenvalue weighted by atomic mass is 32.1. The lowest BCUT2D eigenvalue weighted by atomic mass is 10.3. The van der Waals surface area contributed by atoms with E-state index in [1.54, 1.807) is 22.3 Å². The molecule has 0 saturated carbocycles. The van der Waals surface area contributed by atoms with Crippen LogP contribution in [0.5, 0.6) is 0 Å². The normalized spacial score (nSPS) is 10.8. The third-order valence-electron chi connectivity index (χ3n) is 2.61. The van der Waals surface area contributed by atoms with Gasteiger partial charge >= 0.3 is 0 Å². The molecule has 6 heteroatoms. The summed E-state index contributed by atoms with van der Waals surface area (Å²) in [5, 5.41) is 14.7. The summed E-state index contributed by atoms with van der Waals surface area (Å²) in [6.07, 6.45) is 1.75. The van der Waals surface area contributed by atoms with Gasteiger partial charge in [-0.15, -0.1) is 16.4 Å². The van der Waals surface area contributed by atoms with Gasteiger partial charge in [0, 0.05) is 11.9 Å². The Balaban J connectivity index is 1.88. The van der Waals surface area contributed by atoms with Crippen molar-refractivity contribution in [2.75, 3.05) is 7.05 Å². The molecule has 19 heavy (non-hydrogen) atoms. The minimum absolute atomic E-state index is 0.767. The molecule has 3 aromatic rings. The van der Waals surface area contributed by atoms with Crippen molar-refractivity contribution in [1.82, 2.24) is 25.3 Å². The first-order chi connectivity index (χ1) is 9.36. The molecule has 0 spiro atoms. The van der Waals surface area contributed by atoms with E-state index in [1.807, 2.05) is 42.8 Å². The fourth-order valence-corrected chi connectivity index (χ4v) is 2.50. The molecule has 5 nitrogen and oxygen atoms in total. The quantitative estimate of drug-likeness (QED) is 0.789. The lowest BCUT2D eigenvalue weighted by Crippen LogP contribution is -2.04. The third kappa shape index (κ3) is 2.54. The maximum atomic E-state index is 4.52. The largest absolute Gasteiger partial charge is 0.314 e. The molecular weight excluding hydrogens is 258 g/mol. The first-order valence-electron chi connectivity index (χ1n) is 5.94. The standard InChI is InChI=1S/C13H13N5S/c1-14-7-10-9-19-13(16-10)12-8-15-18(17-12)11-5-3-2-4-6-11/h2-6,8-9,14H,7H2,1H3. The van der Waals surface area contributed by atoms with Gasteiger partial charge in [-0.25, -0.2) is 4.98 Å². The van der Waals surface area contributed by atoms with Crippen molar-refractivity contribution >= 4 is 11.3 Å². The summed E-state index contributed by atoms with van der Waals surface area (Å²) in [6, 6.07) is 9.84. The highest BCUT2D eigenvalue weighted by molar-refractivity contribution is 7.13. The van der Waals surface area contributed by atoms with Crippen LogP contribution in [0.2, 0.25) is 0 Å². The summed E-state index contributed by atoms with van der Waals surface area (Å²) in [7, 11) is 1.91. The van der Waals surface area contributed by atoms with E-state index in [0.717, 1.165) is 28.6 Å². The van der Waals surface area contributed by atoms with E-state index in [2.05, 4.69) is 20.5 Å². The molecular formula is C13H13N5S. The Labute approximate surface area is 114 Å². The number of nitrogens with zero attached hydrogens (tertiary/aromatic N) is 4. The molecule has 0 atom stereocenters. The Kier molecular flexibility index (Phi) is 3.35. The Morgan fingerprint density at radius 2 is 2.11 bits per heavy atom. The number of thiazole rings is 1. The van der Waals surface area contributed by atoms with Crippen molar-refractivity contribution in [3.05, 3.63) is 47.6 Å². The molecule has 2 heterocycles. The van der Waals surface area contributed by atoms with Crippen molar-refractivity contribution in [3.8, 4) is 16.4 Å². The van der Waals surface area contributed by atoms with Crippen LogP contribution in [0.1, 0.15) is 5.69 Å². The van der Waals surface area contributed by atoms with Gasteiger partial charge in [-0.05, 0) is 19.2 Å². The van der Waals surface area contributed by atoms with Crippen LogP contribution in [0, 0.1) is 0 Å². The second-order valence-electron chi connectivity index (χ2n) is 4.03. The van der Waals surface area contributed by atoms with Crippen molar-refractivity contribution in [3.63, 3.8) is 0 Å². The number of rotatable bonds is 4. The van der Waals surface area contributed by atoms with Crippen LogP contribution in [0.4, 0.5) is 0 Å². The molecule has 0 aliphatic carbocycles. The number of benzene rings is 1. The summed E-state index contributed by atoms with van der Waals surface area (Å²) >= 11 is 1.58. The van der Waals surface area contributed by atoms with Gasteiger partial charge in [-0.1, -0.05) is 18.2 Å². The van der Waals surface area contributed by atoms with E-state index in [4.69, 9.17) is 0 Å². The maximum absolute atomic E-state index is 4.52. The molecule has 1 N–H and O–H groups in total. The lowest BCUT2D eigenvalue weighted by Gasteiger charge is -1.96. The lowest BCUT2D eigenvalue weighted by molar-refractivity contribution is 0.753. The number of aromatic nitrogens is 4. The predicted molar refractivity (Wildman–Crippen MR) is 75.2 cm³/mol. The predicted octanol–water partition coefficient (Wildman–Crippen LogP) is 2.11. The van der Waals surface area contributed by atoms with Crippen LogP contribution in [0.25, 0.3) is 16.4 Å². The van der Waals surface area contributed by atoms with Gasteiger partial charge in [0.2, 0.25) is 0 Å². The zero-order valence-corrected chi connectivity index (χ0v) is 11.3. The molecule has 0 radical (unpaired) electrons. The SMILES string of the molecule is CNCc1csc(-c2cnn(-c3ccccc3)n2)n1. The van der Waals surface area contributed by atoms with Gasteiger partial charge in [-0.3, -0.25) is 0 Å². The summed E-state index contributed by atoms with van der Waals surface area (Å²) in [6.45, 7) is 0.767. The molecule has 2 aromatic heterocycles. The van der Waals surface area contributed by atoms with Gasteiger partial charge in [-0.2, -0.15) is 9.90 Å².